The van der Waals surface area contributed by atoms with Crippen LogP contribution in [0.5, 0.6) is 0 Å². The molecule has 0 saturated heterocycles. The van der Waals surface area contributed by atoms with Gasteiger partial charge in [-0.25, -0.2) is 8.78 Å². The number of Topliss-reactive ketones (excluding diaryl/α,β-unsaturated/α-hetero) is 1. The van der Waals surface area contributed by atoms with Crippen molar-refractivity contribution in [3.8, 4) is 0 Å². The van der Waals surface area contributed by atoms with E-state index in [9.17, 15) is 18.7 Å². The molecule has 0 radical (unpaired) electrons. The third-order valence-corrected chi connectivity index (χ3v) is 4.13. The molecule has 1 aliphatic rings. The second-order valence-electron chi connectivity index (χ2n) is 5.95. The lowest BCUT2D eigenvalue weighted by Gasteiger charge is -2.32. The lowest BCUT2D eigenvalue weighted by Crippen LogP contribution is -2.36. The van der Waals surface area contributed by atoms with Crippen LogP contribution in [0.25, 0.3) is 0 Å². The van der Waals surface area contributed by atoms with Crippen LogP contribution in [0, 0.1) is 11.6 Å². The van der Waals surface area contributed by atoms with Crippen molar-refractivity contribution in [2.75, 3.05) is 0 Å². The number of ketones is 1. The molecule has 5 heteroatoms. The van der Waals surface area contributed by atoms with E-state index < -0.39 is 23.0 Å². The first-order valence-corrected chi connectivity index (χ1v) is 7.43. The average molecular weight is 330 g/mol. The quantitative estimate of drug-likeness (QED) is 0.937. The smallest absolute Gasteiger partial charge is 0.194 e. The number of benzene rings is 2. The van der Waals surface area contributed by atoms with Gasteiger partial charge in [-0.05, 0) is 55.3 Å². The Bertz CT molecular complexity index is 760. The third-order valence-electron chi connectivity index (χ3n) is 4.13. The van der Waals surface area contributed by atoms with Crippen molar-refractivity contribution in [3.05, 3.63) is 82.9 Å². The Morgan fingerprint density at radius 3 is 1.71 bits per heavy atom. The van der Waals surface area contributed by atoms with E-state index in [0.29, 0.717) is 11.1 Å². The fraction of sp³-hybridized carbons (Fsp3) is 0.211. The maximum Gasteiger partial charge on any atom is 0.194 e. The number of aliphatic hydroxyl groups is 1. The van der Waals surface area contributed by atoms with Gasteiger partial charge in [0.05, 0.1) is 5.57 Å². The Labute approximate surface area is 138 Å². The van der Waals surface area contributed by atoms with E-state index in [0.717, 1.165) is 0 Å². The van der Waals surface area contributed by atoms with Crippen LogP contribution in [-0.4, -0.2) is 16.7 Å². The highest BCUT2D eigenvalue weighted by atomic mass is 19.1. The highest BCUT2D eigenvalue weighted by molar-refractivity contribution is 5.95. The third kappa shape index (κ3) is 2.66. The summed E-state index contributed by atoms with van der Waals surface area (Å²) in [6.45, 7) is 2.70. The summed E-state index contributed by atoms with van der Waals surface area (Å²) in [5.74, 6) is -3.00. The SMILES string of the molecule is CC(=O)C1=CC(c2ccc(F)cc2)(c2ccc(F)cc2)OC1(C)O. The molecule has 2 aromatic rings. The summed E-state index contributed by atoms with van der Waals surface area (Å²) in [6.07, 6.45) is 1.51. The number of rotatable bonds is 3. The van der Waals surface area contributed by atoms with Crippen LogP contribution in [-0.2, 0) is 15.1 Å². The van der Waals surface area contributed by atoms with Crippen molar-refractivity contribution >= 4 is 5.78 Å². The van der Waals surface area contributed by atoms with E-state index >= 15 is 0 Å². The van der Waals surface area contributed by atoms with Gasteiger partial charge in [0.25, 0.3) is 0 Å². The van der Waals surface area contributed by atoms with E-state index in [4.69, 9.17) is 4.74 Å². The summed E-state index contributed by atoms with van der Waals surface area (Å²) in [5.41, 5.74) is -0.179. The molecule has 1 unspecified atom stereocenters. The van der Waals surface area contributed by atoms with Crippen molar-refractivity contribution < 1.29 is 23.4 Å². The van der Waals surface area contributed by atoms with Crippen molar-refractivity contribution in [2.24, 2.45) is 0 Å². The molecule has 0 amide bonds. The first-order chi connectivity index (χ1) is 11.2. The average Bonchev–Trinajstić information content (AvgIpc) is 2.81. The number of halogens is 2. The summed E-state index contributed by atoms with van der Waals surface area (Å²) >= 11 is 0. The number of carbonyl (C=O) groups is 1. The Morgan fingerprint density at radius 1 is 0.958 bits per heavy atom. The first kappa shape index (κ1) is 16.5. The second-order valence-corrected chi connectivity index (χ2v) is 5.95. The minimum Gasteiger partial charge on any atom is -0.362 e. The van der Waals surface area contributed by atoms with Crippen LogP contribution < -0.4 is 0 Å². The lowest BCUT2D eigenvalue weighted by molar-refractivity contribution is -0.193. The zero-order valence-corrected chi connectivity index (χ0v) is 13.2. The minimum atomic E-state index is -1.81. The van der Waals surface area contributed by atoms with Crippen LogP contribution in [0.3, 0.4) is 0 Å². The summed E-state index contributed by atoms with van der Waals surface area (Å²) in [4.78, 5) is 11.9. The molecular weight excluding hydrogens is 314 g/mol. The standard InChI is InChI=1S/C19H16F2O3/c1-12(22)17-11-19(24-18(17,2)23,13-3-7-15(20)8-4-13)14-5-9-16(21)10-6-14/h3-11,23H,1-2H3. The zero-order chi connectivity index (χ0) is 17.5. The maximum absolute atomic E-state index is 13.3. The molecule has 0 bridgehead atoms. The molecule has 1 N–H and O–H groups in total. The van der Waals surface area contributed by atoms with E-state index in [1.54, 1.807) is 0 Å². The predicted molar refractivity (Wildman–Crippen MR) is 84.1 cm³/mol. The van der Waals surface area contributed by atoms with Crippen LogP contribution >= 0.6 is 0 Å². The molecule has 0 fully saturated rings. The number of hydrogen-bond donors (Lipinski definition) is 1. The highest BCUT2D eigenvalue weighted by Crippen LogP contribution is 2.46. The fourth-order valence-electron chi connectivity index (χ4n) is 3.01. The largest absolute Gasteiger partial charge is 0.362 e. The lowest BCUT2D eigenvalue weighted by atomic mass is 9.85. The van der Waals surface area contributed by atoms with Gasteiger partial charge in [0.15, 0.2) is 11.6 Å². The molecule has 2 aromatic carbocycles. The Kier molecular flexibility index (Phi) is 3.86. The van der Waals surface area contributed by atoms with Gasteiger partial charge in [0.2, 0.25) is 0 Å². The van der Waals surface area contributed by atoms with Crippen LogP contribution in [0.15, 0.2) is 60.2 Å². The summed E-state index contributed by atoms with van der Waals surface area (Å²) < 4.78 is 32.5. The molecule has 0 aliphatic carbocycles. The Morgan fingerprint density at radius 2 is 1.38 bits per heavy atom. The number of carbonyl (C=O) groups excluding carboxylic acids is 1. The molecule has 3 nitrogen and oxygen atoms in total. The minimum absolute atomic E-state index is 0.0937. The molecule has 0 spiro atoms. The molecule has 1 heterocycles. The number of hydrogen-bond acceptors (Lipinski definition) is 3. The van der Waals surface area contributed by atoms with Crippen molar-refractivity contribution in [2.45, 2.75) is 25.2 Å². The summed E-state index contributed by atoms with van der Waals surface area (Å²) in [6, 6.07) is 11.1. The van der Waals surface area contributed by atoms with E-state index in [2.05, 4.69) is 0 Å². The Hall–Kier alpha value is -2.37. The van der Waals surface area contributed by atoms with E-state index in [-0.39, 0.29) is 11.4 Å². The maximum atomic E-state index is 13.3. The van der Waals surface area contributed by atoms with Crippen LogP contribution in [0.4, 0.5) is 8.78 Å². The van der Waals surface area contributed by atoms with Gasteiger partial charge in [0, 0.05) is 0 Å². The van der Waals surface area contributed by atoms with Crippen LogP contribution in [0.1, 0.15) is 25.0 Å². The summed E-state index contributed by atoms with van der Waals surface area (Å²) in [5, 5.41) is 10.5. The first-order valence-electron chi connectivity index (χ1n) is 7.43. The highest BCUT2D eigenvalue weighted by Gasteiger charge is 2.49. The van der Waals surface area contributed by atoms with Gasteiger partial charge in [0.1, 0.15) is 17.2 Å². The zero-order valence-electron chi connectivity index (χ0n) is 13.2. The van der Waals surface area contributed by atoms with Gasteiger partial charge < -0.3 is 9.84 Å². The van der Waals surface area contributed by atoms with E-state index in [1.807, 2.05) is 0 Å². The van der Waals surface area contributed by atoms with Gasteiger partial charge in [-0.1, -0.05) is 24.3 Å². The van der Waals surface area contributed by atoms with Crippen molar-refractivity contribution in [1.29, 1.82) is 0 Å². The monoisotopic (exact) mass is 330 g/mol. The fourth-order valence-corrected chi connectivity index (χ4v) is 3.01. The normalized spacial score (nSPS) is 22.3. The van der Waals surface area contributed by atoms with Gasteiger partial charge in [-0.3, -0.25) is 4.79 Å². The van der Waals surface area contributed by atoms with Gasteiger partial charge >= 0.3 is 0 Å². The van der Waals surface area contributed by atoms with Gasteiger partial charge in [-0.15, -0.1) is 0 Å². The molecule has 24 heavy (non-hydrogen) atoms. The van der Waals surface area contributed by atoms with E-state index in [1.165, 1.54) is 68.5 Å². The molecule has 124 valence electrons. The van der Waals surface area contributed by atoms with Crippen LogP contribution in [0.2, 0.25) is 0 Å². The van der Waals surface area contributed by atoms with Gasteiger partial charge in [-0.2, -0.15) is 0 Å². The van der Waals surface area contributed by atoms with Crippen molar-refractivity contribution in [3.63, 3.8) is 0 Å². The Balaban J connectivity index is 2.25. The molecule has 0 aromatic heterocycles. The molecular formula is C19H16F2O3. The molecule has 0 saturated carbocycles. The summed E-state index contributed by atoms with van der Waals surface area (Å²) in [7, 11) is 0. The second kappa shape index (κ2) is 5.61. The predicted octanol–water partition coefficient (Wildman–Crippen LogP) is 3.46. The number of ether oxygens (including phenoxy) is 1. The molecule has 1 aliphatic heterocycles. The van der Waals surface area contributed by atoms with Crippen molar-refractivity contribution in [1.82, 2.24) is 0 Å². The molecule has 1 atom stereocenters. The topological polar surface area (TPSA) is 46.5 Å². The molecule has 3 rings (SSSR count).